The molecule has 0 bridgehead atoms. The molecule has 0 fully saturated rings. The Kier molecular flexibility index (Phi) is 6.95. The lowest BCUT2D eigenvalue weighted by atomic mass is 10.1. The maximum absolute atomic E-state index is 6.46. The summed E-state index contributed by atoms with van der Waals surface area (Å²) in [6.07, 6.45) is 0. The van der Waals surface area contributed by atoms with Gasteiger partial charge in [0.1, 0.15) is 6.61 Å². The predicted molar refractivity (Wildman–Crippen MR) is 117 cm³/mol. The number of methoxy groups -OCH3 is 1. The fraction of sp³-hybridized carbons (Fsp3) is 0.182. The number of rotatable bonds is 7. The molecule has 0 aliphatic rings. The first-order valence-corrected chi connectivity index (χ1v) is 9.83. The van der Waals surface area contributed by atoms with Crippen molar-refractivity contribution in [2.24, 2.45) is 0 Å². The van der Waals surface area contributed by atoms with Crippen molar-refractivity contribution in [2.45, 2.75) is 20.1 Å². The zero-order chi connectivity index (χ0) is 20.1. The summed E-state index contributed by atoms with van der Waals surface area (Å²) in [5, 5.41) is 4.97. The molecule has 0 radical (unpaired) electrons. The van der Waals surface area contributed by atoms with Crippen LogP contribution in [0.5, 0.6) is 11.5 Å². The number of hydrogen-bond donors (Lipinski definition) is 1. The first-order valence-electron chi connectivity index (χ1n) is 8.70. The fourth-order valence-electron chi connectivity index (χ4n) is 2.68. The van der Waals surface area contributed by atoms with Crippen LogP contribution in [0.1, 0.15) is 16.7 Å². The molecule has 0 saturated heterocycles. The number of aryl methyl sites for hydroxylation is 1. The van der Waals surface area contributed by atoms with E-state index in [4.69, 9.17) is 44.3 Å². The van der Waals surface area contributed by atoms with Crippen LogP contribution in [0.4, 0.5) is 5.69 Å². The summed E-state index contributed by atoms with van der Waals surface area (Å²) < 4.78 is 11.4. The quantitative estimate of drug-likeness (QED) is 0.426. The van der Waals surface area contributed by atoms with E-state index in [2.05, 4.69) is 24.4 Å². The Labute approximate surface area is 180 Å². The number of ether oxygens (including phenoxy) is 2. The largest absolute Gasteiger partial charge is 0.493 e. The molecule has 3 nitrogen and oxygen atoms in total. The minimum atomic E-state index is 0.257. The molecule has 28 heavy (non-hydrogen) atoms. The Morgan fingerprint density at radius 2 is 1.64 bits per heavy atom. The molecule has 0 amide bonds. The molecule has 0 aromatic heterocycles. The van der Waals surface area contributed by atoms with Crippen molar-refractivity contribution in [2.75, 3.05) is 12.4 Å². The molecule has 6 heteroatoms. The molecule has 3 rings (SSSR count). The number of anilines is 1. The third kappa shape index (κ3) is 5.26. The monoisotopic (exact) mass is 435 g/mol. The van der Waals surface area contributed by atoms with Crippen molar-refractivity contribution in [1.82, 2.24) is 0 Å². The average Bonchev–Trinajstić information content (AvgIpc) is 2.67. The lowest BCUT2D eigenvalue weighted by Gasteiger charge is -2.15. The van der Waals surface area contributed by atoms with Crippen molar-refractivity contribution in [3.8, 4) is 11.5 Å². The van der Waals surface area contributed by atoms with Gasteiger partial charge in [-0.05, 0) is 48.9 Å². The van der Waals surface area contributed by atoms with Gasteiger partial charge in [-0.2, -0.15) is 0 Å². The van der Waals surface area contributed by atoms with Gasteiger partial charge in [0.05, 0.1) is 12.1 Å². The zero-order valence-electron chi connectivity index (χ0n) is 15.6. The first kappa shape index (κ1) is 20.7. The fourth-order valence-corrected chi connectivity index (χ4v) is 3.43. The van der Waals surface area contributed by atoms with Crippen LogP contribution in [-0.2, 0) is 13.2 Å². The van der Waals surface area contributed by atoms with Gasteiger partial charge in [-0.25, -0.2) is 0 Å². The van der Waals surface area contributed by atoms with Gasteiger partial charge >= 0.3 is 0 Å². The lowest BCUT2D eigenvalue weighted by Crippen LogP contribution is -2.03. The van der Waals surface area contributed by atoms with Gasteiger partial charge in [-0.3, -0.25) is 0 Å². The standard InChI is InChI=1S/C22H20Cl3NO2/c1-14-3-7-18(8-4-14)26-12-15-9-20(25)22(21(10-15)27-2)28-13-16-5-6-17(23)11-19(16)24/h3-11,26H,12-13H2,1-2H3. The van der Waals surface area contributed by atoms with E-state index in [0.717, 1.165) is 16.8 Å². The highest BCUT2D eigenvalue weighted by atomic mass is 35.5. The summed E-state index contributed by atoms with van der Waals surface area (Å²) in [5.74, 6) is 1.05. The van der Waals surface area contributed by atoms with Crippen LogP contribution in [0.25, 0.3) is 0 Å². The predicted octanol–water partition coefficient (Wildman–Crippen LogP) is 7.15. The Bertz CT molecular complexity index is 959. The maximum atomic E-state index is 6.46. The van der Waals surface area contributed by atoms with E-state index < -0.39 is 0 Å². The van der Waals surface area contributed by atoms with Crippen LogP contribution >= 0.6 is 34.8 Å². The molecule has 0 saturated carbocycles. The van der Waals surface area contributed by atoms with Gasteiger partial charge < -0.3 is 14.8 Å². The molecule has 0 unspecified atom stereocenters. The third-order valence-electron chi connectivity index (χ3n) is 4.22. The number of benzene rings is 3. The molecular weight excluding hydrogens is 417 g/mol. The summed E-state index contributed by atoms with van der Waals surface area (Å²) >= 11 is 18.6. The van der Waals surface area contributed by atoms with Crippen molar-refractivity contribution >= 4 is 40.5 Å². The zero-order valence-corrected chi connectivity index (χ0v) is 17.8. The summed E-state index contributed by atoms with van der Waals surface area (Å²) in [6.45, 7) is 2.93. The molecule has 3 aromatic carbocycles. The van der Waals surface area contributed by atoms with Crippen molar-refractivity contribution in [3.05, 3.63) is 86.4 Å². The smallest absolute Gasteiger partial charge is 0.180 e. The number of halogens is 3. The molecule has 0 aliphatic carbocycles. The Hall–Kier alpha value is -2.07. The van der Waals surface area contributed by atoms with Crippen LogP contribution in [0.2, 0.25) is 15.1 Å². The van der Waals surface area contributed by atoms with E-state index in [-0.39, 0.29) is 6.61 Å². The summed E-state index contributed by atoms with van der Waals surface area (Å²) in [6, 6.07) is 17.3. The highest BCUT2D eigenvalue weighted by molar-refractivity contribution is 6.35. The van der Waals surface area contributed by atoms with Crippen LogP contribution in [0.15, 0.2) is 54.6 Å². The first-order chi connectivity index (χ1) is 13.5. The highest BCUT2D eigenvalue weighted by Crippen LogP contribution is 2.37. The number of nitrogens with one attached hydrogen (secondary N) is 1. The van der Waals surface area contributed by atoms with E-state index >= 15 is 0 Å². The topological polar surface area (TPSA) is 30.5 Å². The highest BCUT2D eigenvalue weighted by Gasteiger charge is 2.13. The van der Waals surface area contributed by atoms with Gasteiger partial charge in [0.15, 0.2) is 11.5 Å². The molecule has 0 spiro atoms. The van der Waals surface area contributed by atoms with Crippen LogP contribution < -0.4 is 14.8 Å². The van der Waals surface area contributed by atoms with E-state index in [1.807, 2.05) is 30.3 Å². The van der Waals surface area contributed by atoms with Gasteiger partial charge in [-0.1, -0.05) is 58.6 Å². The minimum Gasteiger partial charge on any atom is -0.493 e. The molecule has 0 heterocycles. The van der Waals surface area contributed by atoms with E-state index in [0.29, 0.717) is 33.1 Å². The average molecular weight is 437 g/mol. The van der Waals surface area contributed by atoms with Gasteiger partial charge in [0.25, 0.3) is 0 Å². The lowest BCUT2D eigenvalue weighted by molar-refractivity contribution is 0.284. The molecule has 0 aliphatic heterocycles. The minimum absolute atomic E-state index is 0.257. The van der Waals surface area contributed by atoms with Crippen molar-refractivity contribution in [1.29, 1.82) is 0 Å². The van der Waals surface area contributed by atoms with Crippen molar-refractivity contribution < 1.29 is 9.47 Å². The number of hydrogen-bond acceptors (Lipinski definition) is 3. The summed E-state index contributed by atoms with van der Waals surface area (Å²) in [7, 11) is 1.59. The van der Waals surface area contributed by atoms with Crippen molar-refractivity contribution in [3.63, 3.8) is 0 Å². The normalized spacial score (nSPS) is 10.6. The molecule has 146 valence electrons. The Morgan fingerprint density at radius 1 is 0.893 bits per heavy atom. The third-order valence-corrected chi connectivity index (χ3v) is 5.09. The summed E-state index contributed by atoms with van der Waals surface area (Å²) in [5.41, 5.74) is 4.06. The Morgan fingerprint density at radius 3 is 2.32 bits per heavy atom. The van der Waals surface area contributed by atoms with Gasteiger partial charge in [0.2, 0.25) is 0 Å². The molecular formula is C22H20Cl3NO2. The Balaban J connectivity index is 1.72. The van der Waals surface area contributed by atoms with E-state index in [9.17, 15) is 0 Å². The molecule has 3 aromatic rings. The van der Waals surface area contributed by atoms with E-state index in [1.165, 1.54) is 5.56 Å². The van der Waals surface area contributed by atoms with Gasteiger partial charge in [0, 0.05) is 27.8 Å². The second-order valence-corrected chi connectivity index (χ2v) is 7.60. The van der Waals surface area contributed by atoms with Gasteiger partial charge in [-0.15, -0.1) is 0 Å². The molecule has 1 N–H and O–H groups in total. The van der Waals surface area contributed by atoms with Crippen LogP contribution in [0, 0.1) is 6.92 Å². The van der Waals surface area contributed by atoms with E-state index in [1.54, 1.807) is 19.2 Å². The second kappa shape index (κ2) is 9.42. The summed E-state index contributed by atoms with van der Waals surface area (Å²) in [4.78, 5) is 0. The maximum Gasteiger partial charge on any atom is 0.180 e. The SMILES string of the molecule is COc1cc(CNc2ccc(C)cc2)cc(Cl)c1OCc1ccc(Cl)cc1Cl. The van der Waals surface area contributed by atoms with Crippen LogP contribution in [-0.4, -0.2) is 7.11 Å². The second-order valence-electron chi connectivity index (χ2n) is 6.35. The molecule has 0 atom stereocenters. The van der Waals surface area contributed by atoms with Crippen LogP contribution in [0.3, 0.4) is 0 Å².